The zero-order valence-corrected chi connectivity index (χ0v) is 6.91. The van der Waals surface area contributed by atoms with E-state index in [2.05, 4.69) is 4.98 Å². The Morgan fingerprint density at radius 2 is 1.90 bits per heavy atom. The number of halogens is 2. The lowest BCUT2D eigenvalue weighted by Gasteiger charge is -1.95. The Bertz CT molecular complexity index is 190. The molecule has 0 unspecified atom stereocenters. The summed E-state index contributed by atoms with van der Waals surface area (Å²) in [6.45, 7) is 0. The molecule has 54 valence electrons. The van der Waals surface area contributed by atoms with Crippen molar-refractivity contribution in [3.63, 3.8) is 0 Å². The third-order valence-corrected chi connectivity index (χ3v) is 1.91. The van der Waals surface area contributed by atoms with Gasteiger partial charge in [-0.3, -0.25) is 0 Å². The highest BCUT2D eigenvalue weighted by atomic mass is 35.5. The Morgan fingerprint density at radius 1 is 1.20 bits per heavy atom. The zero-order chi connectivity index (χ0) is 7.40. The standard InChI is InChI=1S/C7H7Cl2N/c8-3-6-1-2-10-5-7(6)4-9/h1-2,5H,3-4H2/p+1. The Balaban J connectivity index is 2.96. The number of pyridine rings is 1. The Kier molecular flexibility index (Phi) is 2.97. The van der Waals surface area contributed by atoms with Crippen LogP contribution in [0.1, 0.15) is 11.1 Å². The molecule has 1 aromatic rings. The van der Waals surface area contributed by atoms with Crippen LogP contribution in [0.5, 0.6) is 0 Å². The van der Waals surface area contributed by atoms with Gasteiger partial charge in [-0.25, -0.2) is 4.98 Å². The average molecular weight is 177 g/mol. The van der Waals surface area contributed by atoms with E-state index in [1.165, 1.54) is 0 Å². The first kappa shape index (κ1) is 7.83. The van der Waals surface area contributed by atoms with E-state index < -0.39 is 0 Å². The van der Waals surface area contributed by atoms with Crippen molar-refractivity contribution >= 4 is 23.2 Å². The predicted octanol–water partition coefficient (Wildman–Crippen LogP) is 1.98. The summed E-state index contributed by atoms with van der Waals surface area (Å²) in [5.41, 5.74) is 2.16. The lowest BCUT2D eigenvalue weighted by atomic mass is 10.2. The van der Waals surface area contributed by atoms with E-state index in [1.807, 2.05) is 18.5 Å². The van der Waals surface area contributed by atoms with Gasteiger partial charge < -0.3 is 0 Å². The minimum atomic E-state index is 0.513. The number of hydrogen-bond donors (Lipinski definition) is 0. The number of nitrogens with one attached hydrogen (secondary N) is 1. The highest BCUT2D eigenvalue weighted by molar-refractivity contribution is 6.18. The van der Waals surface area contributed by atoms with E-state index in [1.54, 1.807) is 0 Å². The molecule has 0 saturated carbocycles. The van der Waals surface area contributed by atoms with Crippen LogP contribution >= 0.6 is 23.2 Å². The van der Waals surface area contributed by atoms with E-state index in [0.29, 0.717) is 11.8 Å². The fraction of sp³-hybridized carbons (Fsp3) is 0.286. The van der Waals surface area contributed by atoms with Crippen LogP contribution in [0, 0.1) is 0 Å². The molecular weight excluding hydrogens is 169 g/mol. The van der Waals surface area contributed by atoms with Gasteiger partial charge in [0.1, 0.15) is 0 Å². The van der Waals surface area contributed by atoms with Crippen LogP contribution in [0.2, 0.25) is 0 Å². The maximum absolute atomic E-state index is 5.64. The first-order valence-electron chi connectivity index (χ1n) is 2.98. The van der Waals surface area contributed by atoms with E-state index in [0.717, 1.165) is 11.1 Å². The molecule has 0 spiro atoms. The second kappa shape index (κ2) is 3.79. The van der Waals surface area contributed by atoms with Crippen LogP contribution in [-0.4, -0.2) is 0 Å². The van der Waals surface area contributed by atoms with E-state index in [4.69, 9.17) is 23.2 Å². The van der Waals surface area contributed by atoms with Crippen molar-refractivity contribution in [3.8, 4) is 0 Å². The van der Waals surface area contributed by atoms with Crippen LogP contribution in [-0.2, 0) is 11.8 Å². The van der Waals surface area contributed by atoms with Gasteiger partial charge in [-0.2, -0.15) is 0 Å². The van der Waals surface area contributed by atoms with Crippen molar-refractivity contribution in [3.05, 3.63) is 29.6 Å². The summed E-state index contributed by atoms with van der Waals surface area (Å²) in [7, 11) is 0. The summed E-state index contributed by atoms with van der Waals surface area (Å²) in [5.74, 6) is 1.04. The molecule has 0 bridgehead atoms. The van der Waals surface area contributed by atoms with Gasteiger partial charge in [0.25, 0.3) is 0 Å². The second-order valence-electron chi connectivity index (χ2n) is 1.96. The molecule has 1 heterocycles. The molecule has 0 aliphatic rings. The molecule has 0 saturated heterocycles. The molecule has 1 nitrogen and oxygen atoms in total. The van der Waals surface area contributed by atoms with Gasteiger partial charge in [-0.15, -0.1) is 23.2 Å². The first-order valence-corrected chi connectivity index (χ1v) is 4.05. The molecule has 0 aromatic carbocycles. The number of alkyl halides is 2. The van der Waals surface area contributed by atoms with Crippen LogP contribution in [0.3, 0.4) is 0 Å². The number of aromatic nitrogens is 1. The molecule has 1 N–H and O–H groups in total. The van der Waals surface area contributed by atoms with Crippen molar-refractivity contribution in [2.24, 2.45) is 0 Å². The molecule has 0 radical (unpaired) electrons. The Morgan fingerprint density at radius 3 is 2.40 bits per heavy atom. The van der Waals surface area contributed by atoms with Gasteiger partial charge >= 0.3 is 0 Å². The van der Waals surface area contributed by atoms with Gasteiger partial charge in [-0.1, -0.05) is 0 Å². The predicted molar refractivity (Wildman–Crippen MR) is 42.1 cm³/mol. The number of H-pyrrole nitrogens is 1. The van der Waals surface area contributed by atoms with Crippen LogP contribution < -0.4 is 4.98 Å². The molecule has 1 aromatic heterocycles. The lowest BCUT2D eigenvalue weighted by molar-refractivity contribution is -0.378. The highest BCUT2D eigenvalue weighted by Crippen LogP contribution is 2.10. The SMILES string of the molecule is ClCc1cc[nH+]cc1CCl. The Hall–Kier alpha value is -0.270. The highest BCUT2D eigenvalue weighted by Gasteiger charge is 2.00. The summed E-state index contributed by atoms with van der Waals surface area (Å²) in [5, 5.41) is 0. The van der Waals surface area contributed by atoms with E-state index in [9.17, 15) is 0 Å². The van der Waals surface area contributed by atoms with Crippen molar-refractivity contribution < 1.29 is 4.98 Å². The summed E-state index contributed by atoms with van der Waals surface area (Å²) < 4.78 is 0. The molecule has 1 rings (SSSR count). The average Bonchev–Trinajstić information content (AvgIpc) is 2.04. The maximum Gasteiger partial charge on any atom is 0.171 e. The number of rotatable bonds is 2. The van der Waals surface area contributed by atoms with Crippen LogP contribution in [0.15, 0.2) is 18.5 Å². The molecule has 0 amide bonds. The fourth-order valence-corrected chi connectivity index (χ4v) is 1.26. The molecule has 0 aliphatic heterocycles. The lowest BCUT2D eigenvalue weighted by Crippen LogP contribution is -2.03. The minimum Gasteiger partial charge on any atom is -0.218 e. The van der Waals surface area contributed by atoms with Gasteiger partial charge in [0.2, 0.25) is 0 Å². The van der Waals surface area contributed by atoms with Gasteiger partial charge in [0, 0.05) is 17.5 Å². The largest absolute Gasteiger partial charge is 0.218 e. The molecule has 0 fully saturated rings. The third kappa shape index (κ3) is 1.61. The normalized spacial score (nSPS) is 9.80. The third-order valence-electron chi connectivity index (χ3n) is 1.34. The van der Waals surface area contributed by atoms with Crippen LogP contribution in [0.4, 0.5) is 0 Å². The number of aromatic amines is 1. The van der Waals surface area contributed by atoms with Gasteiger partial charge in [0.05, 0.1) is 5.88 Å². The molecular formula is C7H8Cl2N+. The first-order chi connectivity index (χ1) is 4.88. The van der Waals surface area contributed by atoms with Crippen molar-refractivity contribution in [2.45, 2.75) is 11.8 Å². The zero-order valence-electron chi connectivity index (χ0n) is 5.40. The van der Waals surface area contributed by atoms with Crippen molar-refractivity contribution in [1.29, 1.82) is 0 Å². The Labute approximate surface area is 70.0 Å². The van der Waals surface area contributed by atoms with Crippen molar-refractivity contribution in [1.82, 2.24) is 0 Å². The summed E-state index contributed by atoms with van der Waals surface area (Å²) in [4.78, 5) is 2.94. The molecule has 3 heteroatoms. The molecule has 0 aliphatic carbocycles. The van der Waals surface area contributed by atoms with Gasteiger partial charge in [-0.05, 0) is 5.56 Å². The maximum atomic E-state index is 5.64. The summed E-state index contributed by atoms with van der Waals surface area (Å²) in [6.07, 6.45) is 3.71. The summed E-state index contributed by atoms with van der Waals surface area (Å²) in [6, 6.07) is 1.94. The summed E-state index contributed by atoms with van der Waals surface area (Å²) >= 11 is 11.3. The van der Waals surface area contributed by atoms with Crippen LogP contribution in [0.25, 0.3) is 0 Å². The molecule has 10 heavy (non-hydrogen) atoms. The minimum absolute atomic E-state index is 0.513. The van der Waals surface area contributed by atoms with Crippen molar-refractivity contribution in [2.75, 3.05) is 0 Å². The quantitative estimate of drug-likeness (QED) is 0.613. The van der Waals surface area contributed by atoms with E-state index >= 15 is 0 Å². The monoisotopic (exact) mass is 176 g/mol. The smallest absolute Gasteiger partial charge is 0.171 e. The fourth-order valence-electron chi connectivity index (χ4n) is 0.752. The van der Waals surface area contributed by atoms with Gasteiger partial charge in [0.15, 0.2) is 12.4 Å². The topological polar surface area (TPSA) is 14.1 Å². The second-order valence-corrected chi connectivity index (χ2v) is 2.50. The molecule has 0 atom stereocenters. The number of hydrogen-bond acceptors (Lipinski definition) is 0. The van der Waals surface area contributed by atoms with E-state index in [-0.39, 0.29) is 0 Å².